The van der Waals surface area contributed by atoms with Crippen LogP contribution in [0.15, 0.2) is 10.9 Å². The number of nitrogens with one attached hydrogen (secondary N) is 2. The van der Waals surface area contributed by atoms with Gasteiger partial charge in [-0.05, 0) is 37.3 Å². The van der Waals surface area contributed by atoms with Crippen LogP contribution in [0.5, 0.6) is 0 Å². The molecule has 0 radical (unpaired) electrons. The van der Waals surface area contributed by atoms with Gasteiger partial charge in [-0.2, -0.15) is 0 Å². The van der Waals surface area contributed by atoms with Crippen LogP contribution in [0.4, 0.5) is 0 Å². The lowest BCUT2D eigenvalue weighted by Crippen LogP contribution is -2.47. The zero-order chi connectivity index (χ0) is 13.2. The Morgan fingerprint density at radius 3 is 2.68 bits per heavy atom. The van der Waals surface area contributed by atoms with Gasteiger partial charge in [0.15, 0.2) is 0 Å². The second-order valence-electron chi connectivity index (χ2n) is 5.27. The summed E-state index contributed by atoms with van der Waals surface area (Å²) < 4.78 is 0. The van der Waals surface area contributed by atoms with Gasteiger partial charge in [-0.15, -0.1) is 0 Å². The van der Waals surface area contributed by atoms with Gasteiger partial charge in [-0.25, -0.2) is 0 Å². The van der Waals surface area contributed by atoms with Crippen LogP contribution in [0.1, 0.15) is 34.5 Å². The number of carbonyl (C=O) groups excluding carboxylic acids is 1. The molecule has 1 aliphatic carbocycles. The fourth-order valence-electron chi connectivity index (χ4n) is 2.87. The average Bonchev–Trinajstić information content (AvgIpc) is 2.47. The molecule has 1 amide bonds. The summed E-state index contributed by atoms with van der Waals surface area (Å²) in [4.78, 5) is 29.1. The van der Waals surface area contributed by atoms with Gasteiger partial charge in [0, 0.05) is 31.9 Å². The van der Waals surface area contributed by atoms with E-state index in [2.05, 4.69) is 10.3 Å². The fourth-order valence-corrected chi connectivity index (χ4v) is 2.87. The van der Waals surface area contributed by atoms with Crippen molar-refractivity contribution in [1.29, 1.82) is 0 Å². The molecule has 102 valence electrons. The lowest BCUT2D eigenvalue weighted by atomic mass is 9.95. The Hall–Kier alpha value is -1.62. The monoisotopic (exact) mass is 261 g/mol. The van der Waals surface area contributed by atoms with Crippen LogP contribution >= 0.6 is 0 Å². The number of aromatic nitrogens is 1. The van der Waals surface area contributed by atoms with Crippen LogP contribution in [-0.2, 0) is 12.8 Å². The predicted octanol–water partition coefficient (Wildman–Crippen LogP) is 0.299. The third kappa shape index (κ3) is 2.42. The van der Waals surface area contributed by atoms with Gasteiger partial charge >= 0.3 is 0 Å². The normalized spacial score (nSPS) is 19.1. The molecule has 0 unspecified atom stereocenters. The summed E-state index contributed by atoms with van der Waals surface area (Å²) >= 11 is 0. The molecule has 2 N–H and O–H groups in total. The van der Waals surface area contributed by atoms with Crippen molar-refractivity contribution in [2.45, 2.75) is 25.7 Å². The molecule has 1 aliphatic heterocycles. The zero-order valence-electron chi connectivity index (χ0n) is 11.0. The molecule has 1 saturated heterocycles. The van der Waals surface area contributed by atoms with Crippen LogP contribution in [0.25, 0.3) is 0 Å². The van der Waals surface area contributed by atoms with Crippen LogP contribution in [0.2, 0.25) is 0 Å². The summed E-state index contributed by atoms with van der Waals surface area (Å²) in [6.45, 7) is 2.95. The van der Waals surface area contributed by atoms with E-state index >= 15 is 0 Å². The van der Waals surface area contributed by atoms with Crippen LogP contribution in [-0.4, -0.2) is 42.0 Å². The highest BCUT2D eigenvalue weighted by Crippen LogP contribution is 2.19. The fraction of sp³-hybridized carbons (Fsp3) is 0.571. The van der Waals surface area contributed by atoms with Gasteiger partial charge in [0.25, 0.3) is 11.5 Å². The van der Waals surface area contributed by atoms with E-state index in [0.717, 1.165) is 50.0 Å². The van der Waals surface area contributed by atoms with E-state index in [0.29, 0.717) is 18.7 Å². The molecule has 5 nitrogen and oxygen atoms in total. The zero-order valence-corrected chi connectivity index (χ0v) is 11.0. The summed E-state index contributed by atoms with van der Waals surface area (Å²) in [6, 6.07) is 1.82. The number of aromatic amines is 1. The Labute approximate surface area is 112 Å². The summed E-state index contributed by atoms with van der Waals surface area (Å²) in [6.07, 6.45) is 4.15. The molecule has 5 heteroatoms. The Kier molecular flexibility index (Phi) is 3.38. The first-order valence-corrected chi connectivity index (χ1v) is 7.01. The first kappa shape index (κ1) is 12.4. The lowest BCUT2D eigenvalue weighted by Gasteiger charge is -2.27. The largest absolute Gasteiger partial charge is 0.336 e. The number of carbonyl (C=O) groups is 1. The third-order valence-corrected chi connectivity index (χ3v) is 3.97. The lowest BCUT2D eigenvalue weighted by molar-refractivity contribution is 0.0734. The molecule has 0 saturated carbocycles. The van der Waals surface area contributed by atoms with Crippen molar-refractivity contribution in [1.82, 2.24) is 15.2 Å². The van der Waals surface area contributed by atoms with Crippen molar-refractivity contribution < 1.29 is 4.79 Å². The number of nitrogens with zero attached hydrogens (tertiary/aromatic N) is 1. The number of hydrogen-bond acceptors (Lipinski definition) is 3. The quantitative estimate of drug-likeness (QED) is 0.764. The minimum Gasteiger partial charge on any atom is -0.336 e. The molecular formula is C14H19N3O2. The predicted molar refractivity (Wildman–Crippen MR) is 72.5 cm³/mol. The first-order valence-electron chi connectivity index (χ1n) is 7.01. The van der Waals surface area contributed by atoms with E-state index in [1.165, 1.54) is 0 Å². The molecular weight excluding hydrogens is 242 g/mol. The molecule has 2 aliphatic rings. The number of pyridine rings is 1. The van der Waals surface area contributed by atoms with Gasteiger partial charge in [-0.3, -0.25) is 9.59 Å². The molecule has 1 aromatic heterocycles. The third-order valence-electron chi connectivity index (χ3n) is 3.97. The van der Waals surface area contributed by atoms with E-state index in [-0.39, 0.29) is 11.5 Å². The topological polar surface area (TPSA) is 65.2 Å². The second-order valence-corrected chi connectivity index (χ2v) is 5.27. The van der Waals surface area contributed by atoms with Crippen LogP contribution < -0.4 is 10.9 Å². The molecule has 0 aromatic carbocycles. The number of rotatable bonds is 1. The Morgan fingerprint density at radius 1 is 1.16 bits per heavy atom. The molecule has 0 bridgehead atoms. The molecule has 1 aromatic rings. The summed E-state index contributed by atoms with van der Waals surface area (Å²) in [5.41, 5.74) is 2.24. The van der Waals surface area contributed by atoms with Crippen molar-refractivity contribution in [3.63, 3.8) is 0 Å². The summed E-state index contributed by atoms with van der Waals surface area (Å²) in [5, 5.41) is 3.21. The SMILES string of the molecule is O=C(c1cc2c([nH]c1=O)CCCC2)N1CCNCC1. The van der Waals surface area contributed by atoms with E-state index in [4.69, 9.17) is 0 Å². The van der Waals surface area contributed by atoms with Crippen molar-refractivity contribution >= 4 is 5.91 Å². The average molecular weight is 261 g/mol. The van der Waals surface area contributed by atoms with Gasteiger partial charge in [0.1, 0.15) is 5.56 Å². The second kappa shape index (κ2) is 5.17. The van der Waals surface area contributed by atoms with Gasteiger partial charge in [0.05, 0.1) is 0 Å². The van der Waals surface area contributed by atoms with E-state index in [1.807, 2.05) is 6.07 Å². The number of fused-ring (bicyclic) bond motifs is 1. The van der Waals surface area contributed by atoms with Crippen molar-refractivity contribution in [2.75, 3.05) is 26.2 Å². The Morgan fingerprint density at radius 2 is 1.89 bits per heavy atom. The van der Waals surface area contributed by atoms with Crippen LogP contribution in [0.3, 0.4) is 0 Å². The number of hydrogen-bond donors (Lipinski definition) is 2. The number of H-pyrrole nitrogens is 1. The number of piperazine rings is 1. The van der Waals surface area contributed by atoms with Crippen LogP contribution in [0, 0.1) is 0 Å². The highest BCUT2D eigenvalue weighted by molar-refractivity contribution is 5.94. The highest BCUT2D eigenvalue weighted by Gasteiger charge is 2.22. The van der Waals surface area contributed by atoms with Gasteiger partial charge in [0.2, 0.25) is 0 Å². The molecule has 2 heterocycles. The molecule has 0 atom stereocenters. The summed E-state index contributed by atoms with van der Waals surface area (Å²) in [7, 11) is 0. The van der Waals surface area contributed by atoms with Gasteiger partial charge in [-0.1, -0.05) is 0 Å². The Balaban J connectivity index is 1.91. The minimum absolute atomic E-state index is 0.129. The smallest absolute Gasteiger partial charge is 0.261 e. The standard InChI is InChI=1S/C14H19N3O2/c18-13-11(14(19)17-7-5-15-6-8-17)9-10-3-1-2-4-12(10)16-13/h9,15H,1-8H2,(H,16,18). The number of amides is 1. The maximum absolute atomic E-state index is 12.4. The van der Waals surface area contributed by atoms with E-state index < -0.39 is 0 Å². The van der Waals surface area contributed by atoms with E-state index in [9.17, 15) is 9.59 Å². The molecule has 19 heavy (non-hydrogen) atoms. The maximum atomic E-state index is 12.4. The molecule has 0 spiro atoms. The van der Waals surface area contributed by atoms with Crippen molar-refractivity contribution in [3.8, 4) is 0 Å². The van der Waals surface area contributed by atoms with Crippen molar-refractivity contribution in [2.24, 2.45) is 0 Å². The summed E-state index contributed by atoms with van der Waals surface area (Å²) in [5.74, 6) is -0.129. The van der Waals surface area contributed by atoms with E-state index in [1.54, 1.807) is 4.90 Å². The first-order chi connectivity index (χ1) is 9.25. The Bertz CT molecular complexity index is 544. The molecule has 1 fully saturated rings. The van der Waals surface area contributed by atoms with Gasteiger partial charge < -0.3 is 15.2 Å². The van der Waals surface area contributed by atoms with Crippen molar-refractivity contribution in [3.05, 3.63) is 33.2 Å². The molecule has 3 rings (SSSR count). The number of aryl methyl sites for hydroxylation is 2. The minimum atomic E-state index is -0.232. The maximum Gasteiger partial charge on any atom is 0.261 e. The highest BCUT2D eigenvalue weighted by atomic mass is 16.2.